The Morgan fingerprint density at radius 1 is 1.07 bits per heavy atom. The molecule has 4 nitrogen and oxygen atoms in total. The van der Waals surface area contributed by atoms with E-state index in [0.717, 1.165) is 21.7 Å². The molecule has 0 saturated carbocycles. The van der Waals surface area contributed by atoms with Crippen molar-refractivity contribution in [2.75, 3.05) is 6.26 Å². The number of rotatable bonds is 6. The molecule has 1 aromatic heterocycles. The smallest absolute Gasteiger partial charge is 0.224 e. The summed E-state index contributed by atoms with van der Waals surface area (Å²) in [5, 5.41) is 2.78. The highest BCUT2D eigenvalue weighted by molar-refractivity contribution is 7.84. The van der Waals surface area contributed by atoms with E-state index in [0.29, 0.717) is 5.56 Å². The zero-order valence-electron chi connectivity index (χ0n) is 14.8. The average molecular weight is 382 g/mol. The number of nitrogens with one attached hydrogen (secondary N) is 1. The van der Waals surface area contributed by atoms with Crippen molar-refractivity contribution in [3.63, 3.8) is 0 Å². The van der Waals surface area contributed by atoms with Crippen molar-refractivity contribution in [3.8, 4) is 11.3 Å². The first kappa shape index (κ1) is 18.9. The molecule has 0 aliphatic rings. The molecule has 6 heteroatoms. The van der Waals surface area contributed by atoms with Gasteiger partial charge in [-0.25, -0.2) is 4.39 Å². The van der Waals surface area contributed by atoms with Crippen LogP contribution in [0.25, 0.3) is 11.3 Å². The van der Waals surface area contributed by atoms with Crippen LogP contribution in [0.3, 0.4) is 0 Å². The maximum atomic E-state index is 13.1. The van der Waals surface area contributed by atoms with Crippen LogP contribution in [-0.2, 0) is 28.6 Å². The van der Waals surface area contributed by atoms with Crippen molar-refractivity contribution in [1.82, 2.24) is 10.3 Å². The van der Waals surface area contributed by atoms with Crippen LogP contribution >= 0.6 is 0 Å². The highest BCUT2D eigenvalue weighted by atomic mass is 32.2. The second-order valence-electron chi connectivity index (χ2n) is 6.11. The van der Waals surface area contributed by atoms with Gasteiger partial charge in [-0.3, -0.25) is 14.0 Å². The van der Waals surface area contributed by atoms with Gasteiger partial charge in [0.25, 0.3) is 0 Å². The van der Waals surface area contributed by atoms with E-state index in [1.807, 2.05) is 36.4 Å². The van der Waals surface area contributed by atoms with E-state index in [2.05, 4.69) is 10.3 Å². The van der Waals surface area contributed by atoms with E-state index in [9.17, 15) is 13.4 Å². The summed E-state index contributed by atoms with van der Waals surface area (Å²) in [6.07, 6.45) is 3.51. The molecule has 138 valence electrons. The molecule has 1 heterocycles. The third kappa shape index (κ3) is 5.31. The lowest BCUT2D eigenvalue weighted by Gasteiger charge is -2.07. The van der Waals surface area contributed by atoms with Crippen LogP contribution in [0.15, 0.2) is 71.8 Å². The zero-order chi connectivity index (χ0) is 19.2. The van der Waals surface area contributed by atoms with Gasteiger partial charge >= 0.3 is 0 Å². The monoisotopic (exact) mass is 382 g/mol. The minimum Gasteiger partial charge on any atom is -0.352 e. The second-order valence-corrected chi connectivity index (χ2v) is 7.49. The standard InChI is InChI=1S/C21H19FN2O2S/c1-27(26)19-8-6-17(7-9-19)20-10-5-16(13-23-20)12-21(25)24-14-15-3-2-4-18(22)11-15/h2-11,13H,12,14H2,1H3,(H,24,25). The van der Waals surface area contributed by atoms with Gasteiger partial charge in [-0.1, -0.05) is 30.3 Å². The molecule has 0 bridgehead atoms. The molecule has 3 rings (SSSR count). The normalized spacial score (nSPS) is 11.8. The van der Waals surface area contributed by atoms with E-state index >= 15 is 0 Å². The van der Waals surface area contributed by atoms with Gasteiger partial charge in [-0.2, -0.15) is 0 Å². The average Bonchev–Trinajstić information content (AvgIpc) is 2.67. The first-order valence-electron chi connectivity index (χ1n) is 8.41. The third-order valence-electron chi connectivity index (χ3n) is 4.05. The summed E-state index contributed by atoms with van der Waals surface area (Å²) in [7, 11) is -1.01. The minimum atomic E-state index is -1.01. The third-order valence-corrected chi connectivity index (χ3v) is 4.99. The Labute approximate surface area is 159 Å². The Hall–Kier alpha value is -2.86. The van der Waals surface area contributed by atoms with E-state index in [-0.39, 0.29) is 24.7 Å². The fraction of sp³-hybridized carbons (Fsp3) is 0.143. The SMILES string of the molecule is CS(=O)c1ccc(-c2ccc(CC(=O)NCc3cccc(F)c3)cn2)cc1. The van der Waals surface area contributed by atoms with Crippen molar-refractivity contribution in [2.24, 2.45) is 0 Å². The molecule has 0 spiro atoms. The maximum Gasteiger partial charge on any atom is 0.224 e. The summed E-state index contributed by atoms with van der Waals surface area (Å²) in [6.45, 7) is 0.285. The van der Waals surface area contributed by atoms with Crippen LogP contribution in [-0.4, -0.2) is 21.4 Å². The van der Waals surface area contributed by atoms with Crippen molar-refractivity contribution < 1.29 is 13.4 Å². The summed E-state index contributed by atoms with van der Waals surface area (Å²) >= 11 is 0. The summed E-state index contributed by atoms with van der Waals surface area (Å²) in [5.41, 5.74) is 3.22. The largest absolute Gasteiger partial charge is 0.352 e. The summed E-state index contributed by atoms with van der Waals surface area (Å²) in [5.74, 6) is -0.469. The van der Waals surface area contributed by atoms with Gasteiger partial charge in [0.1, 0.15) is 5.82 Å². The molecule has 1 amide bonds. The summed E-state index contributed by atoms with van der Waals surface area (Å²) in [6, 6.07) is 17.3. The fourth-order valence-electron chi connectivity index (χ4n) is 2.61. The molecule has 27 heavy (non-hydrogen) atoms. The molecule has 0 aliphatic heterocycles. The maximum absolute atomic E-state index is 13.1. The first-order chi connectivity index (χ1) is 13.0. The molecule has 0 fully saturated rings. The van der Waals surface area contributed by atoms with Crippen molar-refractivity contribution >= 4 is 16.7 Å². The minimum absolute atomic E-state index is 0.149. The second kappa shape index (κ2) is 8.68. The lowest BCUT2D eigenvalue weighted by atomic mass is 10.1. The highest BCUT2D eigenvalue weighted by Crippen LogP contribution is 2.19. The quantitative estimate of drug-likeness (QED) is 0.710. The molecule has 2 aromatic carbocycles. The van der Waals surface area contributed by atoms with Gasteiger partial charge in [-0.05, 0) is 41.5 Å². The van der Waals surface area contributed by atoms with Crippen LogP contribution in [0.1, 0.15) is 11.1 Å². The van der Waals surface area contributed by atoms with Crippen LogP contribution in [0, 0.1) is 5.82 Å². The van der Waals surface area contributed by atoms with Gasteiger partial charge in [-0.15, -0.1) is 0 Å². The molecule has 0 aliphatic carbocycles. The van der Waals surface area contributed by atoms with Crippen LogP contribution in [0.5, 0.6) is 0 Å². The molecule has 1 N–H and O–H groups in total. The molecular weight excluding hydrogens is 363 g/mol. The number of hydrogen-bond acceptors (Lipinski definition) is 3. The lowest BCUT2D eigenvalue weighted by Crippen LogP contribution is -2.24. The van der Waals surface area contributed by atoms with E-state index < -0.39 is 10.8 Å². The first-order valence-corrected chi connectivity index (χ1v) is 9.97. The van der Waals surface area contributed by atoms with E-state index in [1.165, 1.54) is 12.1 Å². The number of pyridine rings is 1. The Kier molecular flexibility index (Phi) is 6.08. The Balaban J connectivity index is 1.58. The number of nitrogens with zero attached hydrogens (tertiary/aromatic N) is 1. The molecule has 1 atom stereocenters. The van der Waals surface area contributed by atoms with Crippen LogP contribution in [0.4, 0.5) is 4.39 Å². The number of carbonyl (C=O) groups excluding carboxylic acids is 1. The zero-order valence-corrected chi connectivity index (χ0v) is 15.6. The number of hydrogen-bond donors (Lipinski definition) is 1. The van der Waals surface area contributed by atoms with Crippen LogP contribution < -0.4 is 5.32 Å². The van der Waals surface area contributed by atoms with E-state index in [1.54, 1.807) is 24.6 Å². The highest BCUT2D eigenvalue weighted by Gasteiger charge is 2.06. The fourth-order valence-corrected chi connectivity index (χ4v) is 3.13. The van der Waals surface area contributed by atoms with Crippen molar-refractivity contribution in [2.45, 2.75) is 17.9 Å². The Bertz CT molecular complexity index is 957. The number of benzene rings is 2. The number of carbonyl (C=O) groups is 1. The predicted octanol–water partition coefficient (Wildman–Crippen LogP) is 3.48. The summed E-state index contributed by atoms with van der Waals surface area (Å²) in [4.78, 5) is 17.2. The van der Waals surface area contributed by atoms with Crippen molar-refractivity contribution in [3.05, 3.63) is 83.8 Å². The van der Waals surface area contributed by atoms with Gasteiger partial charge in [0.2, 0.25) is 5.91 Å². The van der Waals surface area contributed by atoms with Gasteiger partial charge in [0.05, 0.1) is 12.1 Å². The summed E-state index contributed by atoms with van der Waals surface area (Å²) < 4.78 is 24.6. The van der Waals surface area contributed by atoms with Gasteiger partial charge < -0.3 is 5.32 Å². The van der Waals surface area contributed by atoms with Crippen molar-refractivity contribution in [1.29, 1.82) is 0 Å². The predicted molar refractivity (Wildman–Crippen MR) is 104 cm³/mol. The Morgan fingerprint density at radius 3 is 2.48 bits per heavy atom. The lowest BCUT2D eigenvalue weighted by molar-refractivity contribution is -0.120. The van der Waals surface area contributed by atoms with Gasteiger partial charge in [0.15, 0.2) is 0 Å². The number of amides is 1. The molecule has 0 saturated heterocycles. The topological polar surface area (TPSA) is 59.1 Å². The molecule has 3 aromatic rings. The molecular formula is C21H19FN2O2S. The van der Waals surface area contributed by atoms with E-state index in [4.69, 9.17) is 0 Å². The van der Waals surface area contributed by atoms with Gasteiger partial charge in [0, 0.05) is 40.3 Å². The number of aromatic nitrogens is 1. The van der Waals surface area contributed by atoms with Crippen LogP contribution in [0.2, 0.25) is 0 Å². The number of halogens is 1. The molecule has 0 radical (unpaired) electrons. The molecule has 1 unspecified atom stereocenters. The Morgan fingerprint density at radius 2 is 1.85 bits per heavy atom.